The van der Waals surface area contributed by atoms with Crippen molar-refractivity contribution < 1.29 is 17.6 Å². The van der Waals surface area contributed by atoms with Gasteiger partial charge in [-0.3, -0.25) is 0 Å². The Labute approximate surface area is 183 Å². The van der Waals surface area contributed by atoms with Crippen molar-refractivity contribution in [2.24, 2.45) is 0 Å². The molecule has 2 saturated carbocycles. The van der Waals surface area contributed by atoms with Crippen LogP contribution < -0.4 is 10.5 Å². The Morgan fingerprint density at radius 2 is 2.10 bits per heavy atom. The number of aromatic nitrogens is 5. The second-order valence-corrected chi connectivity index (χ2v) is 9.98. The highest BCUT2D eigenvalue weighted by Crippen LogP contribution is 2.51. The summed E-state index contributed by atoms with van der Waals surface area (Å²) < 4.78 is 54.5. The summed E-state index contributed by atoms with van der Waals surface area (Å²) in [6, 6.07) is 3.81. The van der Waals surface area contributed by atoms with E-state index < -0.39 is 28.0 Å². The molecule has 0 aliphatic heterocycles. The molecule has 0 amide bonds. The van der Waals surface area contributed by atoms with Crippen LogP contribution in [0.2, 0.25) is 0 Å². The number of nitrogen functional groups attached to an aromatic ring is 1. The number of aliphatic hydroxyl groups is 1. The second-order valence-electron chi connectivity index (χ2n) is 8.30. The fourth-order valence-electron chi connectivity index (χ4n) is 4.57. The van der Waals surface area contributed by atoms with Crippen LogP contribution in [-0.4, -0.2) is 49.4 Å². The second kappa shape index (κ2) is 6.81. The van der Waals surface area contributed by atoms with Crippen LogP contribution in [0.4, 0.5) is 5.82 Å². The summed E-state index contributed by atoms with van der Waals surface area (Å²) in [5.41, 5.74) is 4.53. The third-order valence-electron chi connectivity index (χ3n) is 6.15. The van der Waals surface area contributed by atoms with Crippen molar-refractivity contribution in [2.45, 2.75) is 55.0 Å². The molecular weight excluding hydrogens is 418 g/mol. The number of rotatable bonds is 5. The molecule has 1 aromatic carbocycles. The van der Waals surface area contributed by atoms with Gasteiger partial charge in [-0.05, 0) is 56.7 Å². The van der Waals surface area contributed by atoms with Gasteiger partial charge in [0.25, 0.3) is 0 Å². The first kappa shape index (κ1) is 16.8. The highest BCUT2D eigenvalue weighted by atomic mass is 32.2. The van der Waals surface area contributed by atoms with Gasteiger partial charge in [0, 0.05) is 15.2 Å². The van der Waals surface area contributed by atoms with Gasteiger partial charge in [0.1, 0.15) is 12.7 Å². The zero-order valence-electron chi connectivity index (χ0n) is 19.5. The lowest BCUT2D eigenvalue weighted by Gasteiger charge is -2.27. The number of anilines is 1. The van der Waals surface area contributed by atoms with Crippen LogP contribution in [0, 0.1) is 6.85 Å². The molecular formula is C20H23N7O3S. The number of nitrogens with two attached hydrogens (primary N) is 1. The maximum absolute atomic E-state index is 13.3. The molecule has 162 valence electrons. The minimum atomic E-state index is -4.01. The number of nitrogens with zero attached hydrogens (tertiary/aromatic N) is 5. The Hall–Kier alpha value is -2.89. The van der Waals surface area contributed by atoms with Gasteiger partial charge in [-0.2, -0.15) is 9.78 Å². The van der Waals surface area contributed by atoms with Crippen LogP contribution in [0.1, 0.15) is 41.8 Å². The minimum Gasteiger partial charge on any atom is -0.390 e. The Bertz CT molecular complexity index is 1350. The predicted octanol–water partition coefficient (Wildman–Crippen LogP) is 1.34. The van der Waals surface area contributed by atoms with Gasteiger partial charge in [-0.15, -0.1) is 0 Å². The van der Waals surface area contributed by atoms with Gasteiger partial charge >= 0.3 is 0 Å². The molecule has 2 bridgehead atoms. The van der Waals surface area contributed by atoms with Crippen molar-refractivity contribution in [1.29, 1.82) is 0 Å². The van der Waals surface area contributed by atoms with Gasteiger partial charge in [-0.1, -0.05) is 6.07 Å². The number of benzene rings is 1. The number of sulfonamides is 1. The van der Waals surface area contributed by atoms with Crippen LogP contribution in [0.15, 0.2) is 41.9 Å². The topological polar surface area (TPSA) is 149 Å². The number of hydrogen-bond donors (Lipinski definition) is 3. The Kier molecular flexibility index (Phi) is 3.68. The van der Waals surface area contributed by atoms with Crippen molar-refractivity contribution in [1.82, 2.24) is 29.5 Å². The monoisotopic (exact) mass is 444 g/mol. The predicted molar refractivity (Wildman–Crippen MR) is 113 cm³/mol. The maximum atomic E-state index is 13.3. The van der Waals surface area contributed by atoms with E-state index in [1.807, 2.05) is 0 Å². The van der Waals surface area contributed by atoms with Crippen molar-refractivity contribution in [3.63, 3.8) is 0 Å². The van der Waals surface area contributed by atoms with Crippen LogP contribution in [0.25, 0.3) is 17.1 Å². The van der Waals surface area contributed by atoms with Crippen LogP contribution in [0.5, 0.6) is 0 Å². The molecule has 2 fully saturated rings. The standard InChI is InChI=1S/C20H23N7O3S/c1-13-2-3-14(31(29,30)26-19-4-6-20(28,10-19)7-5-19)8-15(13)16-9-23-17(21)18(25-16)27-12-22-11-24-27/h2-3,8-9,11-12,26,28H,4-7,10H2,1H3,(H2,21,23)/i1D3. The normalized spacial score (nSPS) is 27.1. The van der Waals surface area contributed by atoms with Gasteiger partial charge in [-0.25, -0.2) is 28.1 Å². The molecule has 2 aromatic heterocycles. The highest BCUT2D eigenvalue weighted by Gasteiger charge is 2.55. The molecule has 4 N–H and O–H groups in total. The third kappa shape index (κ3) is 3.48. The van der Waals surface area contributed by atoms with Crippen molar-refractivity contribution in [2.75, 3.05) is 5.73 Å². The lowest BCUT2D eigenvalue weighted by molar-refractivity contribution is 0.0521. The van der Waals surface area contributed by atoms with E-state index in [0.717, 1.165) is 0 Å². The van der Waals surface area contributed by atoms with E-state index in [0.29, 0.717) is 32.1 Å². The highest BCUT2D eigenvalue weighted by molar-refractivity contribution is 7.89. The summed E-state index contributed by atoms with van der Waals surface area (Å²) in [6.45, 7) is -2.53. The molecule has 31 heavy (non-hydrogen) atoms. The zero-order chi connectivity index (χ0) is 24.4. The average Bonchev–Trinajstić information content (AvgIpc) is 3.48. The summed E-state index contributed by atoms with van der Waals surface area (Å²) in [5, 5.41) is 14.5. The molecule has 10 nitrogen and oxygen atoms in total. The number of aryl methyl sites for hydroxylation is 1. The minimum absolute atomic E-state index is 0.0455. The molecule has 0 radical (unpaired) electrons. The summed E-state index contributed by atoms with van der Waals surface area (Å²) >= 11 is 0. The molecule has 0 atom stereocenters. The van der Waals surface area contributed by atoms with E-state index in [-0.39, 0.29) is 33.4 Å². The Balaban J connectivity index is 1.59. The van der Waals surface area contributed by atoms with Crippen molar-refractivity contribution >= 4 is 15.8 Å². The number of nitrogens with one attached hydrogen (secondary N) is 1. The zero-order valence-corrected chi connectivity index (χ0v) is 17.3. The van der Waals surface area contributed by atoms with E-state index in [4.69, 9.17) is 9.85 Å². The number of hydrogen-bond acceptors (Lipinski definition) is 8. The molecule has 5 rings (SSSR count). The van der Waals surface area contributed by atoms with E-state index in [9.17, 15) is 13.5 Å². The fraction of sp³-hybridized carbons (Fsp3) is 0.400. The Morgan fingerprint density at radius 1 is 1.29 bits per heavy atom. The number of fused-ring (bicyclic) bond motifs is 2. The van der Waals surface area contributed by atoms with Gasteiger partial charge in [0.2, 0.25) is 10.0 Å². The summed E-state index contributed by atoms with van der Waals surface area (Å²) in [7, 11) is -4.01. The van der Waals surface area contributed by atoms with Crippen LogP contribution in [-0.2, 0) is 10.0 Å². The van der Waals surface area contributed by atoms with E-state index >= 15 is 0 Å². The Morgan fingerprint density at radius 3 is 2.74 bits per heavy atom. The first-order chi connectivity index (χ1) is 15.9. The van der Waals surface area contributed by atoms with E-state index in [2.05, 4.69) is 24.8 Å². The van der Waals surface area contributed by atoms with E-state index in [1.165, 1.54) is 41.7 Å². The fourth-order valence-corrected chi connectivity index (χ4v) is 6.05. The largest absolute Gasteiger partial charge is 0.390 e. The molecule has 2 aliphatic carbocycles. The summed E-state index contributed by atoms with van der Waals surface area (Å²) in [6.07, 6.45) is 6.49. The average molecular weight is 445 g/mol. The summed E-state index contributed by atoms with van der Waals surface area (Å²) in [4.78, 5) is 12.2. The van der Waals surface area contributed by atoms with Gasteiger partial charge in [0.15, 0.2) is 11.6 Å². The van der Waals surface area contributed by atoms with E-state index in [1.54, 1.807) is 0 Å². The smallest absolute Gasteiger partial charge is 0.241 e. The molecule has 3 aromatic rings. The first-order valence-electron chi connectivity index (χ1n) is 11.3. The SMILES string of the molecule is [2H]C([2H])([2H])c1ccc(S(=O)(=O)NC23CCC(O)(CC2)C3)cc1-c1cnc(N)c(-n2cncn2)n1. The molecule has 11 heteroatoms. The molecule has 0 saturated heterocycles. The lowest BCUT2D eigenvalue weighted by atomic mass is 9.94. The maximum Gasteiger partial charge on any atom is 0.241 e. The van der Waals surface area contributed by atoms with Crippen molar-refractivity contribution in [3.8, 4) is 17.1 Å². The van der Waals surface area contributed by atoms with Gasteiger partial charge in [0.05, 0.1) is 22.4 Å². The molecule has 2 aliphatic rings. The molecule has 2 heterocycles. The van der Waals surface area contributed by atoms with Crippen molar-refractivity contribution in [3.05, 3.63) is 42.6 Å². The van der Waals surface area contributed by atoms with Crippen LogP contribution >= 0.6 is 0 Å². The van der Waals surface area contributed by atoms with Crippen LogP contribution in [0.3, 0.4) is 0 Å². The first-order valence-corrected chi connectivity index (χ1v) is 11.3. The van der Waals surface area contributed by atoms with Gasteiger partial charge < -0.3 is 10.8 Å². The quantitative estimate of drug-likeness (QED) is 0.534. The molecule has 0 spiro atoms. The third-order valence-corrected chi connectivity index (χ3v) is 7.73. The summed E-state index contributed by atoms with van der Waals surface area (Å²) in [5.74, 6) is 0.178. The molecule has 0 unspecified atom stereocenters. The lowest BCUT2D eigenvalue weighted by Crippen LogP contribution is -2.44.